The molecule has 2 aromatic heterocycles. The molecule has 198 valence electrons. The van der Waals surface area contributed by atoms with Crippen LogP contribution < -0.4 is 5.32 Å². The minimum atomic E-state index is -0.283. The van der Waals surface area contributed by atoms with Crippen molar-refractivity contribution in [1.29, 1.82) is 0 Å². The highest BCUT2D eigenvalue weighted by molar-refractivity contribution is 7.12. The number of halogens is 1. The van der Waals surface area contributed by atoms with Crippen molar-refractivity contribution in [3.05, 3.63) is 69.2 Å². The Labute approximate surface area is 223 Å². The monoisotopic (exact) mass is 523 g/mol. The van der Waals surface area contributed by atoms with E-state index in [9.17, 15) is 9.18 Å². The van der Waals surface area contributed by atoms with Crippen LogP contribution in [-0.2, 0) is 11.2 Å². The summed E-state index contributed by atoms with van der Waals surface area (Å²) in [5.41, 5.74) is 0.824. The zero-order valence-corrected chi connectivity index (χ0v) is 23.1. The number of hydrogen-bond acceptors (Lipinski definition) is 5. The second-order valence-corrected chi connectivity index (χ2v) is 12.4. The summed E-state index contributed by atoms with van der Waals surface area (Å²) >= 11 is 1.75. The number of amides is 1. The summed E-state index contributed by atoms with van der Waals surface area (Å²) in [6.07, 6.45) is 5.88. The van der Waals surface area contributed by atoms with E-state index in [-0.39, 0.29) is 24.2 Å². The number of nitrogens with zero attached hydrogens (tertiary/aromatic N) is 4. The maximum atomic E-state index is 13.3. The van der Waals surface area contributed by atoms with Gasteiger partial charge in [-0.3, -0.25) is 9.69 Å². The Morgan fingerprint density at radius 2 is 1.76 bits per heavy atom. The molecule has 1 N–H and O–H groups in total. The zero-order chi connectivity index (χ0) is 26.1. The Bertz CT molecular complexity index is 1210. The third-order valence-electron chi connectivity index (χ3n) is 8.03. The van der Waals surface area contributed by atoms with Gasteiger partial charge in [0.1, 0.15) is 17.5 Å². The van der Waals surface area contributed by atoms with Crippen LogP contribution in [0.2, 0.25) is 0 Å². The van der Waals surface area contributed by atoms with E-state index in [1.807, 2.05) is 0 Å². The number of carbonyl (C=O) groups excluding carboxylic acids is 1. The first-order chi connectivity index (χ1) is 17.8. The van der Waals surface area contributed by atoms with Crippen molar-refractivity contribution in [3.63, 3.8) is 0 Å². The summed E-state index contributed by atoms with van der Waals surface area (Å²) in [6, 6.07) is 12.0. The number of piperidine rings is 1. The normalized spacial score (nSPS) is 22.5. The molecule has 3 aromatic rings. The number of carbonyl (C=O) groups is 1. The van der Waals surface area contributed by atoms with Gasteiger partial charge in [-0.25, -0.2) is 4.39 Å². The molecule has 0 radical (unpaired) electrons. The number of aryl methyl sites for hydroxylation is 2. The second kappa shape index (κ2) is 11.0. The second-order valence-electron chi connectivity index (χ2n) is 11.0. The summed E-state index contributed by atoms with van der Waals surface area (Å²) in [4.78, 5) is 18.1. The van der Waals surface area contributed by atoms with Crippen LogP contribution in [0.3, 0.4) is 0 Å². The Kier molecular flexibility index (Phi) is 7.77. The zero-order valence-electron chi connectivity index (χ0n) is 22.3. The fraction of sp³-hybridized carbons (Fsp3) is 0.552. The first kappa shape index (κ1) is 26.0. The topological polar surface area (TPSA) is 63.1 Å². The van der Waals surface area contributed by atoms with Crippen molar-refractivity contribution in [2.24, 2.45) is 0 Å². The van der Waals surface area contributed by atoms with Gasteiger partial charge in [0.25, 0.3) is 0 Å². The maximum absolute atomic E-state index is 13.3. The van der Waals surface area contributed by atoms with E-state index in [2.05, 4.69) is 64.8 Å². The molecule has 0 spiro atoms. The highest BCUT2D eigenvalue weighted by Gasteiger charge is 2.42. The molecule has 5 rings (SSSR count). The number of thiophene rings is 1. The minimum absolute atomic E-state index is 0.0172. The van der Waals surface area contributed by atoms with Crippen LogP contribution in [0.25, 0.3) is 0 Å². The molecule has 1 amide bonds. The van der Waals surface area contributed by atoms with E-state index < -0.39 is 0 Å². The van der Waals surface area contributed by atoms with Gasteiger partial charge in [-0.05, 0) is 75.8 Å². The molecule has 4 atom stereocenters. The Morgan fingerprint density at radius 1 is 1.05 bits per heavy atom. The lowest BCUT2D eigenvalue weighted by Crippen LogP contribution is -2.45. The Morgan fingerprint density at radius 3 is 2.38 bits per heavy atom. The average molecular weight is 524 g/mol. The van der Waals surface area contributed by atoms with Crippen molar-refractivity contribution in [3.8, 4) is 0 Å². The van der Waals surface area contributed by atoms with Crippen molar-refractivity contribution in [2.75, 3.05) is 6.54 Å². The van der Waals surface area contributed by atoms with Gasteiger partial charge >= 0.3 is 0 Å². The summed E-state index contributed by atoms with van der Waals surface area (Å²) in [5, 5.41) is 12.2. The average Bonchev–Trinajstić information content (AvgIpc) is 3.53. The summed E-state index contributed by atoms with van der Waals surface area (Å²) in [5.74, 6) is 2.19. The number of benzene rings is 1. The summed E-state index contributed by atoms with van der Waals surface area (Å²) < 4.78 is 15.7. The molecule has 37 heavy (non-hydrogen) atoms. The van der Waals surface area contributed by atoms with Crippen LogP contribution in [0.15, 0.2) is 36.4 Å². The first-order valence-corrected chi connectivity index (χ1v) is 14.4. The lowest BCUT2D eigenvalue weighted by molar-refractivity contribution is -0.121. The van der Waals surface area contributed by atoms with Crippen molar-refractivity contribution >= 4 is 17.2 Å². The van der Waals surface area contributed by atoms with Gasteiger partial charge < -0.3 is 9.88 Å². The molecule has 0 saturated carbocycles. The van der Waals surface area contributed by atoms with E-state index in [1.165, 1.54) is 34.7 Å². The van der Waals surface area contributed by atoms with Crippen LogP contribution >= 0.6 is 11.3 Å². The quantitative estimate of drug-likeness (QED) is 0.381. The Balaban J connectivity index is 1.25. The van der Waals surface area contributed by atoms with Gasteiger partial charge in [-0.15, -0.1) is 21.5 Å². The van der Waals surface area contributed by atoms with E-state index in [1.54, 1.807) is 23.5 Å². The molecule has 4 heterocycles. The molecule has 6 nitrogen and oxygen atoms in total. The van der Waals surface area contributed by atoms with E-state index in [0.717, 1.165) is 43.0 Å². The molecule has 2 aliphatic heterocycles. The highest BCUT2D eigenvalue weighted by Crippen LogP contribution is 2.42. The predicted octanol–water partition coefficient (Wildman–Crippen LogP) is 5.88. The number of fused-ring (bicyclic) bond motifs is 2. The van der Waals surface area contributed by atoms with Gasteiger partial charge in [-0.2, -0.15) is 0 Å². The molecule has 1 aromatic carbocycles. The largest absolute Gasteiger partial charge is 0.348 e. The molecule has 2 aliphatic rings. The summed E-state index contributed by atoms with van der Waals surface area (Å²) in [6.45, 7) is 9.55. The standard InChI is InChI=1S/C29H38FN5OS/c1-18(2)29-33-32-20(4)35(29)25-16-23-10-11-24(17-25)34(23)14-13-26(27-12-5-19(3)37-27)31-28(36)15-21-6-8-22(30)9-7-21/h5-9,12,18,23-26H,10-11,13-17H2,1-4H3,(H,31,36)/t23-,24+,25-,26-/m0/s1. The van der Waals surface area contributed by atoms with Gasteiger partial charge in [-0.1, -0.05) is 26.0 Å². The van der Waals surface area contributed by atoms with Gasteiger partial charge in [0, 0.05) is 40.3 Å². The third-order valence-corrected chi connectivity index (χ3v) is 9.14. The van der Waals surface area contributed by atoms with E-state index >= 15 is 0 Å². The fourth-order valence-corrected chi connectivity index (χ4v) is 7.25. The first-order valence-electron chi connectivity index (χ1n) is 13.6. The van der Waals surface area contributed by atoms with Crippen LogP contribution in [0.5, 0.6) is 0 Å². The molecule has 0 aliphatic carbocycles. The fourth-order valence-electron chi connectivity index (χ4n) is 6.29. The summed E-state index contributed by atoms with van der Waals surface area (Å²) in [7, 11) is 0. The lowest BCUT2D eigenvalue weighted by Gasteiger charge is -2.40. The number of hydrogen-bond donors (Lipinski definition) is 1. The van der Waals surface area contributed by atoms with Gasteiger partial charge in [0.2, 0.25) is 5.91 Å². The molecular formula is C29H38FN5OS. The molecule has 0 unspecified atom stereocenters. The van der Waals surface area contributed by atoms with Crippen LogP contribution in [0.1, 0.15) is 90.9 Å². The minimum Gasteiger partial charge on any atom is -0.348 e. The van der Waals surface area contributed by atoms with E-state index in [4.69, 9.17) is 0 Å². The van der Waals surface area contributed by atoms with Gasteiger partial charge in [0.05, 0.1) is 12.5 Å². The van der Waals surface area contributed by atoms with Crippen molar-refractivity contribution in [1.82, 2.24) is 25.0 Å². The highest BCUT2D eigenvalue weighted by atomic mass is 32.1. The van der Waals surface area contributed by atoms with Crippen LogP contribution in [0, 0.1) is 19.7 Å². The lowest BCUT2D eigenvalue weighted by atomic mass is 9.95. The van der Waals surface area contributed by atoms with Crippen LogP contribution in [-0.4, -0.2) is 44.2 Å². The maximum Gasteiger partial charge on any atom is 0.224 e. The molecule has 2 fully saturated rings. The molecule has 2 saturated heterocycles. The van der Waals surface area contributed by atoms with Gasteiger partial charge in [0.15, 0.2) is 0 Å². The predicted molar refractivity (Wildman–Crippen MR) is 145 cm³/mol. The molecular weight excluding hydrogens is 485 g/mol. The third kappa shape index (κ3) is 5.80. The van der Waals surface area contributed by atoms with Crippen LogP contribution in [0.4, 0.5) is 4.39 Å². The SMILES string of the molecule is Cc1ccc([C@H](CCN2[C@@H]3CC[C@H]2C[C@H](n2c(C)nnc2C(C)C)C3)NC(=O)Cc2ccc(F)cc2)s1. The Hall–Kier alpha value is -2.58. The van der Waals surface area contributed by atoms with Crippen molar-refractivity contribution < 1.29 is 9.18 Å². The number of rotatable bonds is 9. The molecule has 2 bridgehead atoms. The number of nitrogens with one attached hydrogen (secondary N) is 1. The van der Waals surface area contributed by atoms with E-state index in [0.29, 0.717) is 24.0 Å². The smallest absolute Gasteiger partial charge is 0.224 e. The van der Waals surface area contributed by atoms with Crippen molar-refractivity contribution in [2.45, 2.75) is 96.3 Å². The number of aromatic nitrogens is 3. The molecule has 8 heteroatoms.